The number of Topliss-reactive ketones (excluding diaryl/α,β-unsaturated/α-hetero) is 3. The topological polar surface area (TPSA) is 75.3 Å². The molecular weight excluding hydrogens is 280 g/mol. The summed E-state index contributed by atoms with van der Waals surface area (Å²) in [5.41, 5.74) is 0. The molecule has 0 saturated heterocycles. The molecule has 0 unspecified atom stereocenters. The van der Waals surface area contributed by atoms with E-state index in [0.29, 0.717) is 6.42 Å². The van der Waals surface area contributed by atoms with Crippen LogP contribution in [0.2, 0.25) is 0 Å². The normalized spacial score (nSPS) is 12.3. The molecule has 5 heteroatoms. The van der Waals surface area contributed by atoms with Crippen LogP contribution in [-0.2, 0) is 14.4 Å². The Hall–Kier alpha value is -1.07. The van der Waals surface area contributed by atoms with Crippen molar-refractivity contribution in [3.05, 3.63) is 0 Å². The Morgan fingerprint density at radius 2 is 1.50 bits per heavy atom. The molecule has 0 aromatic rings. The first kappa shape index (κ1) is 25.9. The Kier molecular flexibility index (Phi) is 19.2. The third-order valence-electron chi connectivity index (χ3n) is 3.43. The van der Waals surface area contributed by atoms with Crippen molar-refractivity contribution in [3.8, 4) is 0 Å². The maximum absolute atomic E-state index is 10.9. The Morgan fingerprint density at radius 1 is 0.955 bits per heavy atom. The summed E-state index contributed by atoms with van der Waals surface area (Å²) in [5.74, 6) is 0.676. The average molecular weight is 316 g/mol. The number of rotatable bonds is 10. The Labute approximate surface area is 136 Å². The zero-order valence-corrected chi connectivity index (χ0v) is 14.4. The van der Waals surface area contributed by atoms with Crippen molar-refractivity contribution in [3.63, 3.8) is 0 Å². The molecule has 0 aliphatic rings. The van der Waals surface area contributed by atoms with Crippen LogP contribution in [0.3, 0.4) is 0 Å². The van der Waals surface area contributed by atoms with Gasteiger partial charge in [-0.15, -0.1) is 0 Å². The average Bonchev–Trinajstić information content (AvgIpc) is 2.40. The lowest BCUT2D eigenvalue weighted by atomic mass is 9.95. The van der Waals surface area contributed by atoms with E-state index in [4.69, 9.17) is 0 Å². The lowest BCUT2D eigenvalue weighted by Gasteiger charge is -2.10. The van der Waals surface area contributed by atoms with Crippen LogP contribution in [0, 0.1) is 5.92 Å². The predicted molar refractivity (Wildman–Crippen MR) is 93.2 cm³/mol. The summed E-state index contributed by atoms with van der Waals surface area (Å²) in [4.78, 5) is 32.2. The van der Waals surface area contributed by atoms with Crippen molar-refractivity contribution >= 4 is 17.3 Å². The van der Waals surface area contributed by atoms with Crippen LogP contribution in [0.1, 0.15) is 60.8 Å². The maximum atomic E-state index is 10.9. The van der Waals surface area contributed by atoms with E-state index in [2.05, 4.69) is 10.6 Å². The van der Waals surface area contributed by atoms with Gasteiger partial charge in [0.15, 0.2) is 0 Å². The van der Waals surface area contributed by atoms with Gasteiger partial charge in [-0.3, -0.25) is 9.59 Å². The molecule has 2 N–H and O–H groups in total. The van der Waals surface area contributed by atoms with Gasteiger partial charge in [0, 0.05) is 12.3 Å². The van der Waals surface area contributed by atoms with Crippen LogP contribution in [-0.4, -0.2) is 44.0 Å². The molecule has 0 amide bonds. The Balaban J connectivity index is -0.000000315. The van der Waals surface area contributed by atoms with Crippen molar-refractivity contribution in [1.29, 1.82) is 0 Å². The monoisotopic (exact) mass is 316 g/mol. The van der Waals surface area contributed by atoms with Crippen LogP contribution in [0.15, 0.2) is 0 Å². The molecule has 0 heterocycles. The minimum absolute atomic E-state index is 0. The molecule has 0 aliphatic carbocycles. The lowest BCUT2D eigenvalue weighted by molar-refractivity contribution is -0.122. The van der Waals surface area contributed by atoms with Crippen LogP contribution < -0.4 is 10.6 Å². The zero-order valence-electron chi connectivity index (χ0n) is 14.4. The van der Waals surface area contributed by atoms with Crippen molar-refractivity contribution in [1.82, 2.24) is 10.6 Å². The fourth-order valence-electron chi connectivity index (χ4n) is 1.91. The van der Waals surface area contributed by atoms with E-state index in [1.807, 2.05) is 21.0 Å². The fraction of sp³-hybridized carbons (Fsp3) is 0.824. The van der Waals surface area contributed by atoms with E-state index in [-0.39, 0.29) is 36.7 Å². The number of hydrogen-bond acceptors (Lipinski definition) is 5. The van der Waals surface area contributed by atoms with Crippen molar-refractivity contribution in [2.45, 2.75) is 66.8 Å². The van der Waals surface area contributed by atoms with Gasteiger partial charge in [-0.2, -0.15) is 0 Å². The molecule has 0 radical (unpaired) electrons. The van der Waals surface area contributed by atoms with Gasteiger partial charge >= 0.3 is 0 Å². The highest BCUT2D eigenvalue weighted by Gasteiger charge is 2.11. The second kappa shape index (κ2) is 16.3. The number of likely N-dealkylation sites (N-methyl/N-ethyl adjacent to an activating group) is 1. The third-order valence-corrected chi connectivity index (χ3v) is 3.43. The largest absolute Gasteiger partial charge is 0.320 e. The minimum atomic E-state index is 0. The molecule has 0 aromatic heterocycles. The van der Waals surface area contributed by atoms with E-state index in [9.17, 15) is 14.4 Å². The first-order chi connectivity index (χ1) is 9.79. The molecule has 0 aliphatic heterocycles. The van der Waals surface area contributed by atoms with E-state index >= 15 is 0 Å². The van der Waals surface area contributed by atoms with Crippen LogP contribution in [0.25, 0.3) is 0 Å². The second-order valence-electron chi connectivity index (χ2n) is 5.30. The van der Waals surface area contributed by atoms with Gasteiger partial charge in [-0.05, 0) is 60.7 Å². The van der Waals surface area contributed by atoms with Crippen molar-refractivity contribution in [2.75, 3.05) is 20.6 Å². The third kappa shape index (κ3) is 15.3. The van der Waals surface area contributed by atoms with Gasteiger partial charge in [0.25, 0.3) is 0 Å². The first-order valence-electron chi connectivity index (χ1n) is 7.62. The van der Waals surface area contributed by atoms with Crippen LogP contribution in [0.5, 0.6) is 0 Å². The van der Waals surface area contributed by atoms with E-state index < -0.39 is 0 Å². The maximum Gasteiger partial charge on any atom is 0.146 e. The van der Waals surface area contributed by atoms with Gasteiger partial charge in [0.1, 0.15) is 17.3 Å². The molecule has 0 fully saturated rings. The van der Waals surface area contributed by atoms with Crippen LogP contribution in [0.4, 0.5) is 0 Å². The molecule has 0 spiro atoms. The SMILES string of the molecule is C.CC[C@@H](CCC(C)=O)C(C)=O.CNCC[C@H](NC)C(C)=O. The summed E-state index contributed by atoms with van der Waals surface area (Å²) in [5, 5.41) is 5.94. The van der Waals surface area contributed by atoms with Gasteiger partial charge in [-0.1, -0.05) is 14.4 Å². The fourth-order valence-corrected chi connectivity index (χ4v) is 1.91. The smallest absolute Gasteiger partial charge is 0.146 e. The van der Waals surface area contributed by atoms with E-state index in [1.54, 1.807) is 20.8 Å². The summed E-state index contributed by atoms with van der Waals surface area (Å²) in [6, 6.07) is 0.0208. The van der Waals surface area contributed by atoms with Gasteiger partial charge in [-0.25, -0.2) is 0 Å². The van der Waals surface area contributed by atoms with E-state index in [1.165, 1.54) is 0 Å². The lowest BCUT2D eigenvalue weighted by Crippen LogP contribution is -2.34. The van der Waals surface area contributed by atoms with Gasteiger partial charge in [0.05, 0.1) is 6.04 Å². The predicted octanol–water partition coefficient (Wildman–Crippen LogP) is 2.38. The molecule has 22 heavy (non-hydrogen) atoms. The minimum Gasteiger partial charge on any atom is -0.320 e. The molecule has 0 bridgehead atoms. The Bertz CT molecular complexity index is 317. The number of carbonyl (C=O) groups excluding carboxylic acids is 3. The molecule has 0 aromatic carbocycles. The molecule has 5 nitrogen and oxygen atoms in total. The van der Waals surface area contributed by atoms with Gasteiger partial charge < -0.3 is 15.4 Å². The number of nitrogens with one attached hydrogen (secondary N) is 2. The number of ketones is 3. The van der Waals surface area contributed by atoms with Crippen molar-refractivity contribution < 1.29 is 14.4 Å². The highest BCUT2D eigenvalue weighted by molar-refractivity contribution is 5.81. The second-order valence-corrected chi connectivity index (χ2v) is 5.30. The highest BCUT2D eigenvalue weighted by atomic mass is 16.1. The summed E-state index contributed by atoms with van der Waals surface area (Å²) >= 11 is 0. The van der Waals surface area contributed by atoms with Crippen LogP contribution >= 0.6 is 0 Å². The quantitative estimate of drug-likeness (QED) is 0.647. The zero-order chi connectivity index (χ0) is 16.8. The molecule has 0 saturated carbocycles. The summed E-state index contributed by atoms with van der Waals surface area (Å²) in [6.45, 7) is 7.62. The summed E-state index contributed by atoms with van der Waals surface area (Å²) in [6.07, 6.45) is 2.98. The number of carbonyl (C=O) groups is 3. The number of hydrogen-bond donors (Lipinski definition) is 2. The Morgan fingerprint density at radius 3 is 1.77 bits per heavy atom. The summed E-state index contributed by atoms with van der Waals surface area (Å²) < 4.78 is 0. The van der Waals surface area contributed by atoms with Crippen molar-refractivity contribution in [2.24, 2.45) is 5.92 Å². The highest BCUT2D eigenvalue weighted by Crippen LogP contribution is 2.11. The van der Waals surface area contributed by atoms with E-state index in [0.717, 1.165) is 25.8 Å². The summed E-state index contributed by atoms with van der Waals surface area (Å²) in [7, 11) is 3.69. The molecular formula is C17H36N2O3. The molecule has 0 rings (SSSR count). The van der Waals surface area contributed by atoms with Gasteiger partial charge in [0.2, 0.25) is 0 Å². The standard InChI is InChI=1S/C9H16O2.C7H16N2O.CH4/c1-4-9(8(3)11)6-5-7(2)10;1-6(10)7(9-3)4-5-8-2;/h9H,4-6H2,1-3H3;7-9H,4-5H2,1-3H3;1H4/t9-;7-;/m00./s1. The molecule has 2 atom stereocenters. The first-order valence-corrected chi connectivity index (χ1v) is 7.62. The molecule has 132 valence electrons.